The topological polar surface area (TPSA) is 68.5 Å². The number of rotatable bonds is 3. The largest absolute Gasteiger partial charge is 0.495 e. The third-order valence-corrected chi connectivity index (χ3v) is 2.67. The zero-order valence-corrected chi connectivity index (χ0v) is 10.7. The smallest absolute Gasteiger partial charge is 0.335 e. The van der Waals surface area contributed by atoms with E-state index in [1.165, 1.54) is 19.2 Å². The van der Waals surface area contributed by atoms with Gasteiger partial charge in [0.15, 0.2) is 0 Å². The van der Waals surface area contributed by atoms with E-state index >= 15 is 0 Å². The summed E-state index contributed by atoms with van der Waals surface area (Å²) in [5.74, 6) is 0.121. The van der Waals surface area contributed by atoms with Gasteiger partial charge in [0.05, 0.1) is 17.7 Å². The number of carbonyl (C=O) groups is 1. The Labute approximate surface area is 113 Å². The van der Waals surface area contributed by atoms with Crippen molar-refractivity contribution in [2.45, 2.75) is 0 Å². The van der Waals surface area contributed by atoms with E-state index in [4.69, 9.17) is 16.3 Å². The van der Waals surface area contributed by atoms with Gasteiger partial charge >= 0.3 is 5.63 Å². The number of ether oxygens (including phenoxy) is 1. The number of benzene rings is 1. The van der Waals surface area contributed by atoms with Gasteiger partial charge in [-0.05, 0) is 24.3 Å². The van der Waals surface area contributed by atoms with Gasteiger partial charge in [-0.3, -0.25) is 4.79 Å². The normalized spacial score (nSPS) is 10.0. The highest BCUT2D eigenvalue weighted by Gasteiger charge is 2.08. The van der Waals surface area contributed by atoms with Crippen molar-refractivity contribution in [1.29, 1.82) is 0 Å². The number of hydrogen-bond acceptors (Lipinski definition) is 4. The summed E-state index contributed by atoms with van der Waals surface area (Å²) in [7, 11) is 1.51. The first kappa shape index (κ1) is 13.2. The van der Waals surface area contributed by atoms with Crippen LogP contribution in [0.3, 0.4) is 0 Å². The summed E-state index contributed by atoms with van der Waals surface area (Å²) in [6.07, 6.45) is 1.10. The van der Waals surface area contributed by atoms with Crippen LogP contribution >= 0.6 is 11.6 Å². The second-order valence-corrected chi connectivity index (χ2v) is 4.05. The Bertz CT molecular complexity index is 645. The molecule has 0 fully saturated rings. The fourth-order valence-corrected chi connectivity index (χ4v) is 1.69. The Kier molecular flexibility index (Phi) is 3.87. The van der Waals surface area contributed by atoms with Crippen molar-refractivity contribution in [2.24, 2.45) is 0 Å². The minimum absolute atomic E-state index is 0.242. The Morgan fingerprint density at radius 2 is 2.11 bits per heavy atom. The molecule has 0 aliphatic carbocycles. The van der Waals surface area contributed by atoms with E-state index in [0.717, 1.165) is 6.26 Å². The van der Waals surface area contributed by atoms with Gasteiger partial charge in [0.25, 0.3) is 5.91 Å². The zero-order chi connectivity index (χ0) is 13.8. The zero-order valence-electron chi connectivity index (χ0n) is 9.98. The lowest BCUT2D eigenvalue weighted by atomic mass is 10.2. The van der Waals surface area contributed by atoms with Crippen molar-refractivity contribution >= 4 is 23.2 Å². The highest BCUT2D eigenvalue weighted by atomic mass is 35.5. The van der Waals surface area contributed by atoms with Crippen LogP contribution in [0.15, 0.2) is 45.8 Å². The summed E-state index contributed by atoms with van der Waals surface area (Å²) in [4.78, 5) is 22.6. The van der Waals surface area contributed by atoms with Gasteiger partial charge < -0.3 is 14.5 Å². The van der Waals surface area contributed by atoms with Crippen LogP contribution in [0.4, 0.5) is 5.69 Å². The van der Waals surface area contributed by atoms with E-state index in [-0.39, 0.29) is 5.56 Å². The third-order valence-electron chi connectivity index (χ3n) is 2.37. The maximum Gasteiger partial charge on any atom is 0.335 e. The highest BCUT2D eigenvalue weighted by molar-refractivity contribution is 6.32. The molecule has 0 saturated heterocycles. The summed E-state index contributed by atoms with van der Waals surface area (Å²) < 4.78 is 9.62. The maximum absolute atomic E-state index is 11.8. The average Bonchev–Trinajstić information content (AvgIpc) is 2.39. The molecule has 0 saturated carbocycles. The number of carbonyl (C=O) groups excluding carboxylic acids is 1. The summed E-state index contributed by atoms with van der Waals surface area (Å²) in [5.41, 5.74) is 0.248. The average molecular weight is 280 g/mol. The maximum atomic E-state index is 11.8. The fourth-order valence-electron chi connectivity index (χ4n) is 1.43. The molecule has 1 aromatic heterocycles. The molecule has 0 bridgehead atoms. The molecule has 1 heterocycles. The molecule has 1 amide bonds. The van der Waals surface area contributed by atoms with E-state index in [0.29, 0.717) is 16.5 Å². The van der Waals surface area contributed by atoms with Gasteiger partial charge in [-0.2, -0.15) is 0 Å². The van der Waals surface area contributed by atoms with Crippen LogP contribution in [-0.4, -0.2) is 13.0 Å². The van der Waals surface area contributed by atoms with Gasteiger partial charge in [-0.1, -0.05) is 11.6 Å². The molecule has 0 spiro atoms. The van der Waals surface area contributed by atoms with Crippen LogP contribution < -0.4 is 15.7 Å². The van der Waals surface area contributed by atoms with Crippen LogP contribution in [0, 0.1) is 0 Å². The Hall–Kier alpha value is -2.27. The van der Waals surface area contributed by atoms with Crippen molar-refractivity contribution < 1.29 is 13.9 Å². The predicted molar refractivity (Wildman–Crippen MR) is 70.9 cm³/mol. The first-order valence-electron chi connectivity index (χ1n) is 5.34. The lowest BCUT2D eigenvalue weighted by Gasteiger charge is -2.07. The minimum atomic E-state index is -0.510. The lowest BCUT2D eigenvalue weighted by molar-refractivity contribution is 0.102. The van der Waals surface area contributed by atoms with Gasteiger partial charge in [-0.15, -0.1) is 0 Å². The minimum Gasteiger partial charge on any atom is -0.495 e. The number of methoxy groups -OCH3 is 1. The molecule has 0 atom stereocenters. The van der Waals surface area contributed by atoms with Crippen molar-refractivity contribution in [2.75, 3.05) is 12.4 Å². The van der Waals surface area contributed by atoms with E-state index in [2.05, 4.69) is 9.73 Å². The van der Waals surface area contributed by atoms with E-state index in [1.54, 1.807) is 18.2 Å². The summed E-state index contributed by atoms with van der Waals surface area (Å²) >= 11 is 5.94. The molecule has 5 nitrogen and oxygen atoms in total. The predicted octanol–water partition coefficient (Wildman–Crippen LogP) is 2.55. The van der Waals surface area contributed by atoms with Crippen LogP contribution in [0.1, 0.15) is 10.4 Å². The second kappa shape index (κ2) is 5.58. The lowest BCUT2D eigenvalue weighted by Crippen LogP contribution is -2.12. The molecule has 0 aliphatic heterocycles. The Morgan fingerprint density at radius 3 is 2.68 bits per heavy atom. The SMILES string of the molecule is COc1ccc(NC(=O)c2ccc(=O)oc2)cc1Cl. The monoisotopic (exact) mass is 279 g/mol. The summed E-state index contributed by atoms with van der Waals surface area (Å²) in [6, 6.07) is 7.42. The quantitative estimate of drug-likeness (QED) is 0.937. The molecule has 2 rings (SSSR count). The number of nitrogens with one attached hydrogen (secondary N) is 1. The molecule has 0 unspecified atom stereocenters. The number of amides is 1. The third kappa shape index (κ3) is 3.14. The standard InChI is InChI=1S/C13H10ClNO4/c1-18-11-4-3-9(6-10(11)14)15-13(17)8-2-5-12(16)19-7-8/h2-7H,1H3,(H,15,17). The van der Waals surface area contributed by atoms with Crippen molar-refractivity contribution in [1.82, 2.24) is 0 Å². The molecule has 0 radical (unpaired) electrons. The molecule has 0 aliphatic rings. The van der Waals surface area contributed by atoms with Gasteiger partial charge in [0.2, 0.25) is 0 Å². The summed E-state index contributed by atoms with van der Waals surface area (Å²) in [5, 5.41) is 3.02. The van der Waals surface area contributed by atoms with Gasteiger partial charge in [-0.25, -0.2) is 4.79 Å². The first-order valence-corrected chi connectivity index (χ1v) is 5.71. The molecule has 98 valence electrons. The first-order chi connectivity index (χ1) is 9.10. The molecular weight excluding hydrogens is 270 g/mol. The van der Waals surface area contributed by atoms with Crippen LogP contribution in [0.25, 0.3) is 0 Å². The molecule has 19 heavy (non-hydrogen) atoms. The van der Waals surface area contributed by atoms with E-state index < -0.39 is 11.5 Å². The van der Waals surface area contributed by atoms with Crippen LogP contribution in [0.2, 0.25) is 5.02 Å². The molecule has 1 aromatic carbocycles. The fraction of sp³-hybridized carbons (Fsp3) is 0.0769. The van der Waals surface area contributed by atoms with Crippen LogP contribution in [-0.2, 0) is 0 Å². The van der Waals surface area contributed by atoms with Crippen molar-refractivity contribution in [3.63, 3.8) is 0 Å². The van der Waals surface area contributed by atoms with Gasteiger partial charge in [0, 0.05) is 11.8 Å². The van der Waals surface area contributed by atoms with Crippen LogP contribution in [0.5, 0.6) is 5.75 Å². The van der Waals surface area contributed by atoms with E-state index in [1.807, 2.05) is 0 Å². The molecular formula is C13H10ClNO4. The van der Waals surface area contributed by atoms with E-state index in [9.17, 15) is 9.59 Å². The van der Waals surface area contributed by atoms with Gasteiger partial charge in [0.1, 0.15) is 12.0 Å². The highest BCUT2D eigenvalue weighted by Crippen LogP contribution is 2.27. The molecule has 1 N–H and O–H groups in total. The number of halogens is 1. The summed E-state index contributed by atoms with van der Waals surface area (Å²) in [6.45, 7) is 0. The molecule has 2 aromatic rings. The molecule has 6 heteroatoms. The Morgan fingerprint density at radius 1 is 1.32 bits per heavy atom. The van der Waals surface area contributed by atoms with Crippen molar-refractivity contribution in [3.05, 3.63) is 57.6 Å². The number of hydrogen-bond donors (Lipinski definition) is 1. The second-order valence-electron chi connectivity index (χ2n) is 3.65. The van der Waals surface area contributed by atoms with Crippen molar-refractivity contribution in [3.8, 4) is 5.75 Å². The number of anilines is 1. The Balaban J connectivity index is 2.17.